The van der Waals surface area contributed by atoms with Crippen LogP contribution in [0.1, 0.15) is 5.56 Å². The van der Waals surface area contributed by atoms with E-state index in [0.29, 0.717) is 6.54 Å². The van der Waals surface area contributed by atoms with Gasteiger partial charge in [0, 0.05) is 11.4 Å². The number of hydrogen-bond acceptors (Lipinski definition) is 2. The minimum Gasteiger partial charge on any atom is -0.360 e. The Hall–Kier alpha value is -2.40. The van der Waals surface area contributed by atoms with Gasteiger partial charge in [0.2, 0.25) is 0 Å². The fourth-order valence-corrected chi connectivity index (χ4v) is 3.04. The molecular formula is C19H23FN3O+. The fourth-order valence-electron chi connectivity index (χ4n) is 3.04. The number of amides is 1. The Bertz CT molecular complexity index is 694. The summed E-state index contributed by atoms with van der Waals surface area (Å²) in [5.41, 5.74) is 2.99. The van der Waals surface area contributed by atoms with Crippen LogP contribution in [0.4, 0.5) is 15.8 Å². The molecule has 0 saturated carbocycles. The van der Waals surface area contributed by atoms with E-state index in [9.17, 15) is 9.18 Å². The number of carbonyl (C=O) groups excluding carboxylic acids is 1. The molecule has 0 bridgehead atoms. The average Bonchev–Trinajstić information content (AvgIpc) is 2.58. The van der Waals surface area contributed by atoms with Crippen molar-refractivity contribution in [3.63, 3.8) is 0 Å². The Kier molecular flexibility index (Phi) is 5.11. The van der Waals surface area contributed by atoms with Crippen molar-refractivity contribution in [2.45, 2.75) is 6.92 Å². The predicted molar refractivity (Wildman–Crippen MR) is 94.0 cm³/mol. The third-order valence-corrected chi connectivity index (χ3v) is 4.49. The van der Waals surface area contributed by atoms with Crippen LogP contribution in [0.25, 0.3) is 0 Å². The number of piperazine rings is 1. The maximum Gasteiger partial charge on any atom is 0.279 e. The molecule has 0 aliphatic carbocycles. The number of para-hydroxylation sites is 1. The molecule has 2 aromatic carbocycles. The van der Waals surface area contributed by atoms with Crippen molar-refractivity contribution in [1.29, 1.82) is 0 Å². The van der Waals surface area contributed by atoms with Crippen LogP contribution in [0.5, 0.6) is 0 Å². The van der Waals surface area contributed by atoms with E-state index in [1.807, 2.05) is 43.3 Å². The van der Waals surface area contributed by atoms with Gasteiger partial charge in [-0.3, -0.25) is 4.79 Å². The third-order valence-electron chi connectivity index (χ3n) is 4.49. The van der Waals surface area contributed by atoms with Crippen LogP contribution < -0.4 is 15.1 Å². The summed E-state index contributed by atoms with van der Waals surface area (Å²) in [7, 11) is 0. The molecule has 0 atom stereocenters. The maximum atomic E-state index is 13.0. The Balaban J connectivity index is 1.49. The second kappa shape index (κ2) is 7.45. The minimum atomic E-state index is -0.212. The van der Waals surface area contributed by atoms with E-state index >= 15 is 0 Å². The number of hydrogen-bond donors (Lipinski definition) is 2. The topological polar surface area (TPSA) is 36.8 Å². The van der Waals surface area contributed by atoms with Gasteiger partial charge in [0.05, 0.1) is 26.2 Å². The normalized spacial score (nSPS) is 15.3. The molecule has 1 aliphatic rings. The average molecular weight is 328 g/mol. The van der Waals surface area contributed by atoms with Crippen molar-refractivity contribution in [3.05, 3.63) is 59.9 Å². The van der Waals surface area contributed by atoms with E-state index in [1.165, 1.54) is 17.0 Å². The van der Waals surface area contributed by atoms with Crippen LogP contribution >= 0.6 is 0 Å². The van der Waals surface area contributed by atoms with Gasteiger partial charge >= 0.3 is 0 Å². The smallest absolute Gasteiger partial charge is 0.279 e. The molecule has 0 radical (unpaired) electrons. The van der Waals surface area contributed by atoms with Gasteiger partial charge in [-0.2, -0.15) is 0 Å². The zero-order valence-electron chi connectivity index (χ0n) is 13.9. The number of nitrogens with zero attached hydrogens (tertiary/aromatic N) is 1. The molecule has 5 heteroatoms. The lowest BCUT2D eigenvalue weighted by atomic mass is 10.2. The second-order valence-electron chi connectivity index (χ2n) is 6.25. The van der Waals surface area contributed by atoms with E-state index in [0.717, 1.165) is 43.1 Å². The Morgan fingerprint density at radius 3 is 2.46 bits per heavy atom. The first-order chi connectivity index (χ1) is 11.6. The molecule has 2 aromatic rings. The van der Waals surface area contributed by atoms with Crippen LogP contribution in [0.3, 0.4) is 0 Å². The van der Waals surface area contributed by atoms with E-state index in [4.69, 9.17) is 0 Å². The summed E-state index contributed by atoms with van der Waals surface area (Å²) >= 11 is 0. The van der Waals surface area contributed by atoms with Crippen LogP contribution in [-0.4, -0.2) is 38.6 Å². The van der Waals surface area contributed by atoms with Gasteiger partial charge in [0.15, 0.2) is 6.54 Å². The molecule has 24 heavy (non-hydrogen) atoms. The summed E-state index contributed by atoms with van der Waals surface area (Å²) in [6.07, 6.45) is 0. The molecule has 126 valence electrons. The number of anilines is 2. The van der Waals surface area contributed by atoms with E-state index in [2.05, 4.69) is 10.2 Å². The monoisotopic (exact) mass is 328 g/mol. The Labute approximate surface area is 141 Å². The second-order valence-corrected chi connectivity index (χ2v) is 6.25. The largest absolute Gasteiger partial charge is 0.360 e. The van der Waals surface area contributed by atoms with Crippen molar-refractivity contribution < 1.29 is 14.1 Å². The first-order valence-electron chi connectivity index (χ1n) is 8.31. The number of halogens is 1. The number of benzene rings is 2. The number of quaternary nitrogens is 1. The highest BCUT2D eigenvalue weighted by Crippen LogP contribution is 2.14. The summed E-state index contributed by atoms with van der Waals surface area (Å²) < 4.78 is 13.0. The summed E-state index contributed by atoms with van der Waals surface area (Å²) in [5, 5.41) is 2.99. The van der Waals surface area contributed by atoms with E-state index in [-0.39, 0.29) is 11.7 Å². The van der Waals surface area contributed by atoms with Gasteiger partial charge in [-0.1, -0.05) is 18.2 Å². The number of aryl methyl sites for hydroxylation is 1. The van der Waals surface area contributed by atoms with Gasteiger partial charge in [0.25, 0.3) is 5.91 Å². The Morgan fingerprint density at radius 2 is 1.79 bits per heavy atom. The summed E-state index contributed by atoms with van der Waals surface area (Å²) in [6.45, 7) is 6.02. The highest BCUT2D eigenvalue weighted by molar-refractivity contribution is 5.92. The molecule has 1 amide bonds. The SMILES string of the molecule is Cc1ccccc1NC(=O)C[NH+]1CCN(c2ccc(F)cc2)CC1. The van der Waals surface area contributed by atoms with Gasteiger partial charge in [0.1, 0.15) is 5.82 Å². The molecule has 0 spiro atoms. The van der Waals surface area contributed by atoms with Gasteiger partial charge in [-0.15, -0.1) is 0 Å². The molecule has 4 nitrogen and oxygen atoms in total. The fraction of sp³-hybridized carbons (Fsp3) is 0.316. The minimum absolute atomic E-state index is 0.0505. The van der Waals surface area contributed by atoms with Crippen LogP contribution in [0, 0.1) is 12.7 Å². The van der Waals surface area contributed by atoms with E-state index < -0.39 is 0 Å². The molecular weight excluding hydrogens is 305 g/mol. The standard InChI is InChI=1S/C19H22FN3O/c1-15-4-2-3-5-18(15)21-19(24)14-22-10-12-23(13-11-22)17-8-6-16(20)7-9-17/h2-9H,10-14H2,1H3,(H,21,24)/p+1. The number of nitrogens with one attached hydrogen (secondary N) is 2. The first-order valence-corrected chi connectivity index (χ1v) is 8.31. The van der Waals surface area contributed by atoms with Crippen LogP contribution in [0.15, 0.2) is 48.5 Å². The maximum absolute atomic E-state index is 13.0. The highest BCUT2D eigenvalue weighted by atomic mass is 19.1. The molecule has 0 unspecified atom stereocenters. The summed E-state index contributed by atoms with van der Waals surface area (Å²) in [6, 6.07) is 14.4. The number of rotatable bonds is 4. The molecule has 0 aromatic heterocycles. The first kappa shape index (κ1) is 16.5. The van der Waals surface area contributed by atoms with Gasteiger partial charge < -0.3 is 15.1 Å². The predicted octanol–water partition coefficient (Wildman–Crippen LogP) is 1.48. The molecule has 1 saturated heterocycles. The van der Waals surface area contributed by atoms with Crippen LogP contribution in [0.2, 0.25) is 0 Å². The van der Waals surface area contributed by atoms with Gasteiger partial charge in [-0.05, 0) is 42.8 Å². The summed E-state index contributed by atoms with van der Waals surface area (Å²) in [5.74, 6) is -0.162. The number of carbonyl (C=O) groups is 1. The summed E-state index contributed by atoms with van der Waals surface area (Å²) in [4.78, 5) is 15.8. The zero-order chi connectivity index (χ0) is 16.9. The lowest BCUT2D eigenvalue weighted by Crippen LogP contribution is -3.15. The molecule has 3 rings (SSSR count). The quantitative estimate of drug-likeness (QED) is 0.892. The van der Waals surface area contributed by atoms with Gasteiger partial charge in [-0.25, -0.2) is 4.39 Å². The van der Waals surface area contributed by atoms with Crippen molar-refractivity contribution >= 4 is 17.3 Å². The molecule has 1 heterocycles. The lowest BCUT2D eigenvalue weighted by Gasteiger charge is -2.33. The van der Waals surface area contributed by atoms with Crippen molar-refractivity contribution in [1.82, 2.24) is 0 Å². The molecule has 2 N–H and O–H groups in total. The van der Waals surface area contributed by atoms with Crippen molar-refractivity contribution in [3.8, 4) is 0 Å². The zero-order valence-corrected chi connectivity index (χ0v) is 13.9. The Morgan fingerprint density at radius 1 is 1.12 bits per heavy atom. The van der Waals surface area contributed by atoms with Crippen molar-refractivity contribution in [2.75, 3.05) is 42.9 Å². The molecule has 1 aliphatic heterocycles. The highest BCUT2D eigenvalue weighted by Gasteiger charge is 2.22. The van der Waals surface area contributed by atoms with E-state index in [1.54, 1.807) is 0 Å². The third kappa shape index (κ3) is 4.11. The van der Waals surface area contributed by atoms with Crippen LogP contribution in [-0.2, 0) is 4.79 Å². The molecule has 1 fully saturated rings. The van der Waals surface area contributed by atoms with Crippen molar-refractivity contribution in [2.24, 2.45) is 0 Å². The lowest BCUT2D eigenvalue weighted by molar-refractivity contribution is -0.892.